The van der Waals surface area contributed by atoms with Crippen molar-refractivity contribution in [3.63, 3.8) is 0 Å². The fourth-order valence-electron chi connectivity index (χ4n) is 1.66. The SMILES string of the molecule is COc1cc(CC(Cl)c2cc(Br)cc(Br)c2)ncn1. The second-order valence-electron chi connectivity index (χ2n) is 3.93. The zero-order valence-electron chi connectivity index (χ0n) is 10.1. The molecule has 0 bridgehead atoms. The minimum Gasteiger partial charge on any atom is -0.481 e. The van der Waals surface area contributed by atoms with Gasteiger partial charge >= 0.3 is 0 Å². The number of hydrogen-bond acceptors (Lipinski definition) is 3. The highest BCUT2D eigenvalue weighted by Gasteiger charge is 2.12. The molecule has 1 atom stereocenters. The second kappa shape index (κ2) is 6.68. The predicted molar refractivity (Wildman–Crippen MR) is 82.7 cm³/mol. The summed E-state index contributed by atoms with van der Waals surface area (Å²) in [4.78, 5) is 8.17. The lowest BCUT2D eigenvalue weighted by atomic mass is 10.1. The van der Waals surface area contributed by atoms with E-state index in [4.69, 9.17) is 16.3 Å². The molecule has 0 fully saturated rings. The first-order chi connectivity index (χ1) is 9.08. The van der Waals surface area contributed by atoms with Crippen molar-refractivity contribution in [3.05, 3.63) is 50.8 Å². The fourth-order valence-corrected chi connectivity index (χ4v) is 3.27. The summed E-state index contributed by atoms with van der Waals surface area (Å²) < 4.78 is 7.05. The van der Waals surface area contributed by atoms with E-state index in [1.807, 2.05) is 18.2 Å². The number of methoxy groups -OCH3 is 1. The van der Waals surface area contributed by atoms with E-state index in [2.05, 4.69) is 41.8 Å². The van der Waals surface area contributed by atoms with Crippen molar-refractivity contribution in [2.75, 3.05) is 7.11 Å². The van der Waals surface area contributed by atoms with Crippen LogP contribution in [0.4, 0.5) is 0 Å². The van der Waals surface area contributed by atoms with Crippen LogP contribution in [-0.4, -0.2) is 17.1 Å². The van der Waals surface area contributed by atoms with E-state index < -0.39 is 0 Å². The van der Waals surface area contributed by atoms with Gasteiger partial charge in [0.2, 0.25) is 5.88 Å². The number of nitrogens with zero attached hydrogens (tertiary/aromatic N) is 2. The Hall–Kier alpha value is -0.650. The van der Waals surface area contributed by atoms with E-state index in [-0.39, 0.29) is 5.38 Å². The average molecular weight is 407 g/mol. The predicted octanol–water partition coefficient (Wildman–Crippen LogP) is 4.53. The zero-order chi connectivity index (χ0) is 13.8. The molecule has 0 spiro atoms. The van der Waals surface area contributed by atoms with Crippen LogP contribution in [0.3, 0.4) is 0 Å². The van der Waals surface area contributed by atoms with Crippen LogP contribution in [0.15, 0.2) is 39.5 Å². The van der Waals surface area contributed by atoms with Crippen LogP contribution in [-0.2, 0) is 6.42 Å². The number of hydrogen-bond donors (Lipinski definition) is 0. The molecule has 2 rings (SSSR count). The van der Waals surface area contributed by atoms with Crippen LogP contribution in [0.25, 0.3) is 0 Å². The molecule has 3 nitrogen and oxygen atoms in total. The number of ether oxygens (including phenoxy) is 1. The van der Waals surface area contributed by atoms with Gasteiger partial charge in [0.25, 0.3) is 0 Å². The minimum atomic E-state index is -0.159. The van der Waals surface area contributed by atoms with Crippen LogP contribution in [0.2, 0.25) is 0 Å². The standard InChI is InChI=1S/C13H11Br2ClN2O/c1-19-13-6-11(17-7-18-13)5-12(16)8-2-9(14)4-10(15)3-8/h2-4,6-7,12H,5H2,1H3. The summed E-state index contributed by atoms with van der Waals surface area (Å²) in [6.45, 7) is 0. The molecule has 2 aromatic rings. The van der Waals surface area contributed by atoms with Gasteiger partial charge in [0.15, 0.2) is 0 Å². The average Bonchev–Trinajstić information content (AvgIpc) is 2.37. The summed E-state index contributed by atoms with van der Waals surface area (Å²) in [5.41, 5.74) is 1.88. The van der Waals surface area contributed by atoms with E-state index in [9.17, 15) is 0 Å². The first-order valence-corrected chi connectivity index (χ1v) is 7.55. The Kier molecular flexibility index (Phi) is 5.19. The van der Waals surface area contributed by atoms with Crippen LogP contribution in [0, 0.1) is 0 Å². The third kappa shape index (κ3) is 4.16. The molecule has 1 aromatic heterocycles. The van der Waals surface area contributed by atoms with Crippen LogP contribution >= 0.6 is 43.5 Å². The van der Waals surface area contributed by atoms with Crippen molar-refractivity contribution >= 4 is 43.5 Å². The van der Waals surface area contributed by atoms with E-state index in [1.165, 1.54) is 6.33 Å². The topological polar surface area (TPSA) is 35.0 Å². The number of alkyl halides is 1. The molecule has 0 saturated heterocycles. The molecule has 0 N–H and O–H groups in total. The minimum absolute atomic E-state index is 0.159. The highest BCUT2D eigenvalue weighted by molar-refractivity contribution is 9.11. The first-order valence-electron chi connectivity index (χ1n) is 5.53. The molecule has 0 aliphatic carbocycles. The van der Waals surface area contributed by atoms with Crippen LogP contribution in [0.1, 0.15) is 16.6 Å². The molecule has 1 unspecified atom stereocenters. The molecule has 0 aliphatic rings. The van der Waals surface area contributed by atoms with Gasteiger partial charge in [-0.25, -0.2) is 9.97 Å². The van der Waals surface area contributed by atoms with Crippen molar-refractivity contribution in [2.45, 2.75) is 11.8 Å². The number of aromatic nitrogens is 2. The summed E-state index contributed by atoms with van der Waals surface area (Å²) in [6.07, 6.45) is 2.10. The maximum Gasteiger partial charge on any atom is 0.216 e. The van der Waals surface area contributed by atoms with Gasteiger partial charge in [-0.15, -0.1) is 11.6 Å². The maximum atomic E-state index is 6.44. The first kappa shape index (κ1) is 14.8. The molecule has 0 saturated carbocycles. The maximum absolute atomic E-state index is 6.44. The van der Waals surface area contributed by atoms with Gasteiger partial charge in [-0.2, -0.15) is 0 Å². The lowest BCUT2D eigenvalue weighted by molar-refractivity contribution is 0.396. The molecule has 0 amide bonds. The van der Waals surface area contributed by atoms with Gasteiger partial charge in [0, 0.05) is 27.1 Å². The number of halogens is 3. The summed E-state index contributed by atoms with van der Waals surface area (Å²) in [6, 6.07) is 7.77. The summed E-state index contributed by atoms with van der Waals surface area (Å²) in [7, 11) is 1.58. The van der Waals surface area contributed by atoms with Crippen molar-refractivity contribution in [1.82, 2.24) is 9.97 Å². The molecule has 100 valence electrons. The Morgan fingerprint density at radius 1 is 1.16 bits per heavy atom. The highest BCUT2D eigenvalue weighted by Crippen LogP contribution is 2.30. The van der Waals surface area contributed by atoms with Crippen LogP contribution < -0.4 is 4.74 Å². The highest BCUT2D eigenvalue weighted by atomic mass is 79.9. The summed E-state index contributed by atoms with van der Waals surface area (Å²) in [5, 5.41) is -0.159. The summed E-state index contributed by atoms with van der Waals surface area (Å²) in [5.74, 6) is 0.546. The van der Waals surface area contributed by atoms with Crippen molar-refractivity contribution in [1.29, 1.82) is 0 Å². The Balaban J connectivity index is 2.17. The van der Waals surface area contributed by atoms with E-state index in [1.54, 1.807) is 13.2 Å². The molecular formula is C13H11Br2ClN2O. The monoisotopic (exact) mass is 404 g/mol. The van der Waals surface area contributed by atoms with Gasteiger partial charge in [-0.3, -0.25) is 0 Å². The molecule has 1 heterocycles. The van der Waals surface area contributed by atoms with Crippen molar-refractivity contribution in [3.8, 4) is 5.88 Å². The Morgan fingerprint density at radius 2 is 1.84 bits per heavy atom. The Labute approximate surface area is 133 Å². The smallest absolute Gasteiger partial charge is 0.216 e. The van der Waals surface area contributed by atoms with Gasteiger partial charge in [0.1, 0.15) is 6.33 Å². The van der Waals surface area contributed by atoms with Gasteiger partial charge < -0.3 is 4.74 Å². The van der Waals surface area contributed by atoms with Crippen molar-refractivity contribution < 1.29 is 4.74 Å². The van der Waals surface area contributed by atoms with E-state index in [0.717, 1.165) is 20.2 Å². The lowest BCUT2D eigenvalue weighted by Gasteiger charge is -2.11. The zero-order valence-corrected chi connectivity index (χ0v) is 14.0. The quantitative estimate of drug-likeness (QED) is 0.700. The Bertz CT molecular complexity index is 560. The molecule has 6 heteroatoms. The third-order valence-electron chi connectivity index (χ3n) is 2.54. The Morgan fingerprint density at radius 3 is 2.47 bits per heavy atom. The normalized spacial score (nSPS) is 12.2. The molecule has 0 aliphatic heterocycles. The molecule has 0 radical (unpaired) electrons. The molecule has 19 heavy (non-hydrogen) atoms. The largest absolute Gasteiger partial charge is 0.481 e. The van der Waals surface area contributed by atoms with Crippen LogP contribution in [0.5, 0.6) is 5.88 Å². The van der Waals surface area contributed by atoms with E-state index in [0.29, 0.717) is 12.3 Å². The number of benzene rings is 1. The van der Waals surface area contributed by atoms with E-state index >= 15 is 0 Å². The molecule has 1 aromatic carbocycles. The van der Waals surface area contributed by atoms with Gasteiger partial charge in [-0.1, -0.05) is 31.9 Å². The summed E-state index contributed by atoms with van der Waals surface area (Å²) >= 11 is 13.3. The van der Waals surface area contributed by atoms with Gasteiger partial charge in [0.05, 0.1) is 12.5 Å². The van der Waals surface area contributed by atoms with Gasteiger partial charge in [-0.05, 0) is 23.8 Å². The molecular weight excluding hydrogens is 395 g/mol. The van der Waals surface area contributed by atoms with Crippen molar-refractivity contribution in [2.24, 2.45) is 0 Å². The third-order valence-corrected chi connectivity index (χ3v) is 3.86. The fraction of sp³-hybridized carbons (Fsp3) is 0.231. The number of rotatable bonds is 4. The second-order valence-corrected chi connectivity index (χ2v) is 6.28. The lowest BCUT2D eigenvalue weighted by Crippen LogP contribution is -2.00.